The molecular weight excluding hydrogens is 374 g/mol. The number of hydrogen-bond acceptors (Lipinski definition) is 7. The fourth-order valence-corrected chi connectivity index (χ4v) is 3.38. The topological polar surface area (TPSA) is 110 Å². The van der Waals surface area contributed by atoms with Gasteiger partial charge in [0, 0.05) is 50.4 Å². The Bertz CT molecular complexity index is 1010. The second-order valence-corrected chi connectivity index (χ2v) is 6.80. The minimum absolute atomic E-state index is 0.0325. The first kappa shape index (κ1) is 18.7. The molecule has 0 unspecified atom stereocenters. The maximum atomic E-state index is 12.9. The number of aromatic nitrogens is 4. The number of carbonyl (C=O) groups excluding carboxylic acids is 1. The van der Waals surface area contributed by atoms with Crippen molar-refractivity contribution in [3.8, 4) is 5.69 Å². The molecule has 1 aliphatic heterocycles. The van der Waals surface area contributed by atoms with Crippen molar-refractivity contribution in [1.29, 1.82) is 0 Å². The van der Waals surface area contributed by atoms with Gasteiger partial charge in [0.1, 0.15) is 6.33 Å². The van der Waals surface area contributed by atoms with Gasteiger partial charge in [-0.2, -0.15) is 0 Å². The van der Waals surface area contributed by atoms with E-state index >= 15 is 0 Å². The third kappa shape index (κ3) is 4.27. The van der Waals surface area contributed by atoms with Crippen LogP contribution < -0.4 is 0 Å². The number of piperazine rings is 1. The molecule has 0 bridgehead atoms. The quantitative estimate of drug-likeness (QED) is 0.477. The van der Waals surface area contributed by atoms with E-state index < -0.39 is 0 Å². The Morgan fingerprint density at radius 3 is 2.59 bits per heavy atom. The van der Waals surface area contributed by atoms with Crippen molar-refractivity contribution in [2.45, 2.75) is 6.54 Å². The fraction of sp³-hybridized carbons (Fsp3) is 0.263. The molecule has 1 amide bonds. The van der Waals surface area contributed by atoms with Gasteiger partial charge in [0.25, 0.3) is 11.6 Å². The number of tetrazole rings is 1. The number of hydrogen-bond donors (Lipinski definition) is 0. The van der Waals surface area contributed by atoms with E-state index in [1.807, 2.05) is 23.1 Å². The van der Waals surface area contributed by atoms with E-state index in [1.54, 1.807) is 24.3 Å². The van der Waals surface area contributed by atoms with Crippen molar-refractivity contribution < 1.29 is 9.72 Å². The second kappa shape index (κ2) is 8.15. The average molecular weight is 393 g/mol. The van der Waals surface area contributed by atoms with Gasteiger partial charge in [-0.3, -0.25) is 19.8 Å². The highest BCUT2D eigenvalue weighted by molar-refractivity contribution is 5.94. The van der Waals surface area contributed by atoms with Gasteiger partial charge >= 0.3 is 0 Å². The van der Waals surface area contributed by atoms with Gasteiger partial charge in [-0.15, -0.1) is 5.10 Å². The maximum absolute atomic E-state index is 12.9. The Morgan fingerprint density at radius 1 is 1.07 bits per heavy atom. The smallest absolute Gasteiger partial charge is 0.269 e. The molecule has 0 N–H and O–H groups in total. The van der Waals surface area contributed by atoms with E-state index in [1.165, 1.54) is 17.1 Å². The zero-order valence-electron chi connectivity index (χ0n) is 15.6. The van der Waals surface area contributed by atoms with E-state index in [4.69, 9.17) is 0 Å². The summed E-state index contributed by atoms with van der Waals surface area (Å²) in [5, 5.41) is 22.0. The van der Waals surface area contributed by atoms with Crippen LogP contribution in [0.1, 0.15) is 15.9 Å². The molecule has 3 aromatic rings. The van der Waals surface area contributed by atoms with Gasteiger partial charge in [-0.05, 0) is 34.2 Å². The summed E-state index contributed by atoms with van der Waals surface area (Å²) in [7, 11) is 0. The lowest BCUT2D eigenvalue weighted by Crippen LogP contribution is -2.48. The Morgan fingerprint density at radius 2 is 1.86 bits per heavy atom. The lowest BCUT2D eigenvalue weighted by Gasteiger charge is -2.34. The molecule has 0 saturated carbocycles. The van der Waals surface area contributed by atoms with Gasteiger partial charge in [-0.1, -0.05) is 18.2 Å². The maximum Gasteiger partial charge on any atom is 0.269 e. The number of amides is 1. The first-order valence-electron chi connectivity index (χ1n) is 9.18. The third-order valence-electron chi connectivity index (χ3n) is 4.89. The van der Waals surface area contributed by atoms with Crippen LogP contribution in [0.4, 0.5) is 5.69 Å². The zero-order valence-corrected chi connectivity index (χ0v) is 15.6. The van der Waals surface area contributed by atoms with Gasteiger partial charge in [0.05, 0.1) is 10.6 Å². The summed E-state index contributed by atoms with van der Waals surface area (Å²) in [6.45, 7) is 3.24. The van der Waals surface area contributed by atoms with E-state index in [2.05, 4.69) is 20.4 Å². The first-order valence-corrected chi connectivity index (χ1v) is 9.18. The molecule has 2 aromatic carbocycles. The van der Waals surface area contributed by atoms with Crippen molar-refractivity contribution in [3.63, 3.8) is 0 Å². The van der Waals surface area contributed by atoms with Gasteiger partial charge in [-0.25, -0.2) is 4.68 Å². The van der Waals surface area contributed by atoms with E-state index in [9.17, 15) is 14.9 Å². The van der Waals surface area contributed by atoms with Gasteiger partial charge in [0.15, 0.2) is 0 Å². The van der Waals surface area contributed by atoms with Gasteiger partial charge < -0.3 is 4.90 Å². The number of benzene rings is 2. The summed E-state index contributed by atoms with van der Waals surface area (Å²) in [5.74, 6) is -0.0325. The highest BCUT2D eigenvalue weighted by Gasteiger charge is 2.23. The van der Waals surface area contributed by atoms with Crippen molar-refractivity contribution >= 4 is 11.6 Å². The van der Waals surface area contributed by atoms with Crippen molar-refractivity contribution in [2.24, 2.45) is 0 Å². The summed E-state index contributed by atoms with van der Waals surface area (Å²) in [6, 6.07) is 13.9. The second-order valence-electron chi connectivity index (χ2n) is 6.80. The molecule has 1 saturated heterocycles. The van der Waals surface area contributed by atoms with Crippen LogP contribution in [0.15, 0.2) is 54.9 Å². The molecule has 0 atom stereocenters. The Labute approximate surface area is 166 Å². The Hall–Kier alpha value is -3.66. The zero-order chi connectivity index (χ0) is 20.2. The van der Waals surface area contributed by atoms with Crippen LogP contribution in [0.5, 0.6) is 0 Å². The molecule has 2 heterocycles. The average Bonchev–Trinajstić information content (AvgIpc) is 3.29. The molecule has 29 heavy (non-hydrogen) atoms. The molecule has 1 aliphatic rings. The summed E-state index contributed by atoms with van der Waals surface area (Å²) >= 11 is 0. The summed E-state index contributed by atoms with van der Waals surface area (Å²) < 4.78 is 1.51. The van der Waals surface area contributed by atoms with E-state index in [0.29, 0.717) is 38.3 Å². The number of rotatable bonds is 5. The Kier molecular flexibility index (Phi) is 5.25. The molecule has 0 radical (unpaired) electrons. The molecule has 10 heteroatoms. The largest absolute Gasteiger partial charge is 0.336 e. The van der Waals surface area contributed by atoms with Gasteiger partial charge in [0.2, 0.25) is 0 Å². The van der Waals surface area contributed by atoms with Crippen LogP contribution in [0.2, 0.25) is 0 Å². The predicted molar refractivity (Wildman–Crippen MR) is 103 cm³/mol. The fourth-order valence-electron chi connectivity index (χ4n) is 3.38. The van der Waals surface area contributed by atoms with Crippen molar-refractivity contribution in [2.75, 3.05) is 26.2 Å². The number of carbonyl (C=O) groups is 1. The third-order valence-corrected chi connectivity index (χ3v) is 4.89. The van der Waals surface area contributed by atoms with Crippen LogP contribution >= 0.6 is 0 Å². The van der Waals surface area contributed by atoms with Crippen LogP contribution in [-0.4, -0.2) is 67.0 Å². The highest BCUT2D eigenvalue weighted by Crippen LogP contribution is 2.17. The van der Waals surface area contributed by atoms with Crippen LogP contribution in [0.3, 0.4) is 0 Å². The minimum atomic E-state index is -0.385. The molecule has 0 aliphatic carbocycles. The standard InChI is InChI=1S/C19H19N7O3/c27-19(16-4-2-5-17(12-16)25-14-20-21-22-25)24-9-7-23(8-10-24)13-15-3-1-6-18(11-15)26(28)29/h1-6,11-12,14H,7-10,13H2. The first-order chi connectivity index (χ1) is 14.1. The molecule has 148 valence electrons. The monoisotopic (exact) mass is 393 g/mol. The predicted octanol–water partition coefficient (Wildman–Crippen LogP) is 1.53. The summed E-state index contributed by atoms with van der Waals surface area (Å²) in [6.07, 6.45) is 1.48. The van der Waals surface area contributed by atoms with E-state index in [-0.39, 0.29) is 16.5 Å². The number of nitro groups is 1. The normalized spacial score (nSPS) is 14.7. The molecule has 1 fully saturated rings. The summed E-state index contributed by atoms with van der Waals surface area (Å²) in [5.41, 5.74) is 2.31. The van der Waals surface area contributed by atoms with Crippen molar-refractivity contribution in [1.82, 2.24) is 30.0 Å². The highest BCUT2D eigenvalue weighted by atomic mass is 16.6. The lowest BCUT2D eigenvalue weighted by molar-refractivity contribution is -0.384. The van der Waals surface area contributed by atoms with Crippen molar-refractivity contribution in [3.05, 3.63) is 76.1 Å². The van der Waals surface area contributed by atoms with Crippen LogP contribution in [0, 0.1) is 10.1 Å². The van der Waals surface area contributed by atoms with E-state index in [0.717, 1.165) is 11.3 Å². The molecule has 10 nitrogen and oxygen atoms in total. The number of nitro benzene ring substituents is 1. The molecule has 1 aromatic heterocycles. The number of nitrogens with zero attached hydrogens (tertiary/aromatic N) is 7. The summed E-state index contributed by atoms with van der Waals surface area (Å²) in [4.78, 5) is 27.4. The SMILES string of the molecule is O=C(c1cccc(-n2cnnn2)c1)N1CCN(Cc2cccc([N+](=O)[O-])c2)CC1. The van der Waals surface area contributed by atoms with Crippen LogP contribution in [0.25, 0.3) is 5.69 Å². The minimum Gasteiger partial charge on any atom is -0.336 e. The number of non-ortho nitro benzene ring substituents is 1. The van der Waals surface area contributed by atoms with Crippen LogP contribution in [-0.2, 0) is 6.54 Å². The molecule has 0 spiro atoms. The molecule has 4 rings (SSSR count). The molecular formula is C19H19N7O3. The lowest BCUT2D eigenvalue weighted by atomic mass is 10.1. The Balaban J connectivity index is 1.37.